The summed E-state index contributed by atoms with van der Waals surface area (Å²) in [5, 5.41) is 34.0. The summed E-state index contributed by atoms with van der Waals surface area (Å²) in [7, 11) is 3.67. The first-order chi connectivity index (χ1) is 23.6. The van der Waals surface area contributed by atoms with Crippen LogP contribution in [0.4, 0.5) is 4.39 Å². The number of hydrazone groups is 1. The minimum Gasteiger partial charge on any atom is -0.493 e. The smallest absolute Gasteiger partial charge is 0.352 e. The average molecular weight is 722 g/mol. The number of hydrogen-bond donors (Lipinski definition) is 2. The summed E-state index contributed by atoms with van der Waals surface area (Å²) in [5.41, 5.74) is 5.02. The molecule has 0 fully saturated rings. The van der Waals surface area contributed by atoms with Crippen molar-refractivity contribution < 1.29 is 24.1 Å². The van der Waals surface area contributed by atoms with E-state index >= 15 is 0 Å². The van der Waals surface area contributed by atoms with Crippen molar-refractivity contribution in [2.75, 3.05) is 25.5 Å². The van der Waals surface area contributed by atoms with Gasteiger partial charge in [-0.3, -0.25) is 9.69 Å². The topological polar surface area (TPSA) is 105 Å². The predicted octanol–water partition coefficient (Wildman–Crippen LogP) is 7.75. The van der Waals surface area contributed by atoms with Crippen LogP contribution in [-0.4, -0.2) is 67.3 Å². The first kappa shape index (κ1) is 34.9. The Morgan fingerprint density at radius 1 is 1.10 bits per heavy atom. The normalized spacial score (nSPS) is 16.7. The molecule has 5 aromatic rings. The molecule has 0 atom stereocenters. The molecule has 0 amide bonds. The van der Waals surface area contributed by atoms with Gasteiger partial charge in [-0.25, -0.2) is 9.18 Å². The third-order valence-electron chi connectivity index (χ3n) is 8.48. The maximum atomic E-state index is 14.3. The number of carbonyl (C=O) groups is 1. The van der Waals surface area contributed by atoms with Crippen molar-refractivity contribution >= 4 is 75.1 Å². The quantitative estimate of drug-likeness (QED) is 0.195. The highest BCUT2D eigenvalue weighted by Gasteiger charge is 2.23. The monoisotopic (exact) mass is 721 g/mol. The molecule has 2 N–H and O–H groups in total. The summed E-state index contributed by atoms with van der Waals surface area (Å²) in [6.45, 7) is 2.40. The number of benzene rings is 3. The Hall–Kier alpha value is -3.97. The number of fused-ring (bicyclic) bond motifs is 6. The number of allylic oxidation sites excluding steroid dienone is 1. The van der Waals surface area contributed by atoms with Gasteiger partial charge in [0, 0.05) is 75.2 Å². The first-order valence-electron chi connectivity index (χ1n) is 15.8. The Kier molecular flexibility index (Phi) is 10.9. The molecule has 0 saturated carbocycles. The maximum Gasteiger partial charge on any atom is 0.352 e. The molecule has 0 aliphatic carbocycles. The van der Waals surface area contributed by atoms with E-state index in [2.05, 4.69) is 11.2 Å². The predicted molar refractivity (Wildman–Crippen MR) is 197 cm³/mol. The molecule has 3 heterocycles. The Labute approximate surface area is 297 Å². The van der Waals surface area contributed by atoms with Crippen LogP contribution in [0.2, 0.25) is 5.02 Å². The van der Waals surface area contributed by atoms with Gasteiger partial charge in [-0.15, -0.1) is 23.5 Å². The number of rotatable bonds is 3. The molecule has 6 rings (SSSR count). The molecule has 0 unspecified atom stereocenters. The van der Waals surface area contributed by atoms with Gasteiger partial charge in [0.05, 0.1) is 31.0 Å². The molecule has 1 aliphatic rings. The number of β-amino-alcohol motifs (C(OH)–C–C–N with tert-alkyl or cyclic N) is 1. The van der Waals surface area contributed by atoms with Crippen LogP contribution in [0.3, 0.4) is 0 Å². The fourth-order valence-corrected chi connectivity index (χ4v) is 8.02. The van der Waals surface area contributed by atoms with Crippen molar-refractivity contribution in [1.82, 2.24) is 19.4 Å². The molecule has 9 nitrogen and oxygen atoms in total. The van der Waals surface area contributed by atoms with Crippen LogP contribution in [0.15, 0.2) is 64.2 Å². The largest absolute Gasteiger partial charge is 0.493 e. The average Bonchev–Trinajstić information content (AvgIpc) is 3.57. The van der Waals surface area contributed by atoms with Crippen LogP contribution < -0.4 is 4.74 Å². The van der Waals surface area contributed by atoms with Crippen molar-refractivity contribution in [3.05, 3.63) is 93.3 Å². The number of carboxylic acid groups (broad SMARTS) is 1. The van der Waals surface area contributed by atoms with Gasteiger partial charge >= 0.3 is 5.97 Å². The number of nitrogens with zero attached hydrogens (tertiary/aromatic N) is 5. The second kappa shape index (κ2) is 15.3. The number of aliphatic hydroxyl groups excluding tert-OH is 1. The molecule has 0 saturated heterocycles. The van der Waals surface area contributed by atoms with Crippen LogP contribution in [0.5, 0.6) is 5.75 Å². The Morgan fingerprint density at radius 3 is 2.71 bits per heavy atom. The number of ether oxygens (including phenoxy) is 1. The lowest BCUT2D eigenvalue weighted by atomic mass is 10.0. The summed E-state index contributed by atoms with van der Waals surface area (Å²) in [5.74, 6) is 1.30. The molecule has 2 aromatic heterocycles. The number of aromatic nitrogens is 3. The fraction of sp³-hybridized carbons (Fsp3) is 0.306. The van der Waals surface area contributed by atoms with E-state index in [-0.39, 0.29) is 24.7 Å². The number of halogens is 2. The lowest BCUT2D eigenvalue weighted by Crippen LogP contribution is -2.19. The third kappa shape index (κ3) is 7.62. The van der Waals surface area contributed by atoms with E-state index in [1.165, 1.54) is 12.1 Å². The SMILES string of the molecule is C/C1=C\c2c(Cl)ccc3c(c(C(=O)O)n(C)c23)CCCOc2cc(cc3cc(F)ccc23)SCc2cc(nn2C)CSC/C=N/N1CCO. The van der Waals surface area contributed by atoms with Gasteiger partial charge in [0.2, 0.25) is 0 Å². The summed E-state index contributed by atoms with van der Waals surface area (Å²) in [6, 6.07) is 14.4. The van der Waals surface area contributed by atoms with E-state index < -0.39 is 5.97 Å². The van der Waals surface area contributed by atoms with Crippen LogP contribution in [0, 0.1) is 5.82 Å². The molecular weight excluding hydrogens is 685 g/mol. The molecule has 0 radical (unpaired) electrons. The van der Waals surface area contributed by atoms with Gasteiger partial charge in [-0.05, 0) is 79.3 Å². The van der Waals surface area contributed by atoms with Gasteiger partial charge in [0.25, 0.3) is 0 Å². The number of thioether (sulfide) groups is 2. The Morgan fingerprint density at radius 2 is 1.92 bits per heavy atom. The number of hydrogen-bond acceptors (Lipinski definition) is 8. The maximum absolute atomic E-state index is 14.3. The van der Waals surface area contributed by atoms with Gasteiger partial charge in [0.1, 0.15) is 17.3 Å². The fourth-order valence-electron chi connectivity index (χ4n) is 6.19. The summed E-state index contributed by atoms with van der Waals surface area (Å²) < 4.78 is 24.2. The van der Waals surface area contributed by atoms with Gasteiger partial charge in [-0.2, -0.15) is 10.2 Å². The van der Waals surface area contributed by atoms with Crippen molar-refractivity contribution in [3.8, 4) is 5.75 Å². The van der Waals surface area contributed by atoms with E-state index in [1.807, 2.05) is 49.1 Å². The highest BCUT2D eigenvalue weighted by molar-refractivity contribution is 7.99. The first-order valence-corrected chi connectivity index (χ1v) is 18.4. The lowest BCUT2D eigenvalue weighted by molar-refractivity contribution is 0.0685. The number of aliphatic hydroxyl groups is 1. The summed E-state index contributed by atoms with van der Waals surface area (Å²) >= 11 is 10.1. The van der Waals surface area contributed by atoms with E-state index in [9.17, 15) is 19.4 Å². The van der Waals surface area contributed by atoms with Crippen molar-refractivity contribution in [2.24, 2.45) is 19.2 Å². The molecular formula is C36H37ClFN5O4S2. The number of aryl methyl sites for hydroxylation is 3. The zero-order valence-electron chi connectivity index (χ0n) is 27.4. The second-order valence-corrected chi connectivity index (χ2v) is 14.3. The molecule has 0 spiro atoms. The van der Waals surface area contributed by atoms with Gasteiger partial charge < -0.3 is 19.5 Å². The molecule has 13 heteroatoms. The van der Waals surface area contributed by atoms with Gasteiger partial charge in [0.15, 0.2) is 0 Å². The minimum atomic E-state index is -1.03. The molecule has 3 aromatic carbocycles. The number of aromatic carboxylic acids is 1. The second-order valence-electron chi connectivity index (χ2n) is 11.8. The standard InChI is InChI=1S/C36H37ClFN5O4S2/c1-22-15-31-32(37)9-8-30-29(35(36(45)46)41(2)34(30)31)5-4-13-47-33-19-27(17-23-16-24(38)6-7-28(23)33)49-21-26-18-25(40-42(26)3)20-48-14-10-39-43(22)11-12-44/h6-10,15-19,44H,4-5,11-14,20-21H2,1-3H3,(H,45,46)/b22-15+,39-10+. The van der Waals surface area contributed by atoms with Crippen LogP contribution >= 0.6 is 35.1 Å². The Balaban J connectivity index is 1.40. The van der Waals surface area contributed by atoms with Crippen molar-refractivity contribution in [3.63, 3.8) is 0 Å². The molecule has 1 aliphatic heterocycles. The van der Waals surface area contributed by atoms with E-state index in [4.69, 9.17) is 21.4 Å². The third-order valence-corrected chi connectivity index (χ3v) is 10.7. The highest BCUT2D eigenvalue weighted by Crippen LogP contribution is 2.37. The van der Waals surface area contributed by atoms with Gasteiger partial charge in [-0.1, -0.05) is 17.7 Å². The van der Waals surface area contributed by atoms with Crippen LogP contribution in [0.1, 0.15) is 46.3 Å². The van der Waals surface area contributed by atoms with Crippen LogP contribution in [-0.2, 0) is 32.0 Å². The summed E-state index contributed by atoms with van der Waals surface area (Å²) in [4.78, 5) is 13.6. The molecule has 49 heavy (non-hydrogen) atoms. The number of carboxylic acids is 1. The highest BCUT2D eigenvalue weighted by atomic mass is 35.5. The van der Waals surface area contributed by atoms with E-state index in [0.29, 0.717) is 64.1 Å². The Bertz CT molecular complexity index is 2090. The van der Waals surface area contributed by atoms with Crippen molar-refractivity contribution in [1.29, 1.82) is 0 Å². The zero-order chi connectivity index (χ0) is 34.7. The molecule has 256 valence electrons. The van der Waals surface area contributed by atoms with E-state index in [1.54, 1.807) is 52.3 Å². The van der Waals surface area contributed by atoms with Crippen LogP contribution in [0.25, 0.3) is 27.8 Å². The lowest BCUT2D eigenvalue weighted by Gasteiger charge is -2.19. The summed E-state index contributed by atoms with van der Waals surface area (Å²) in [6.07, 6.45) is 4.69. The van der Waals surface area contributed by atoms with Crippen molar-refractivity contribution in [2.45, 2.75) is 36.2 Å². The minimum absolute atomic E-state index is 0.0991. The zero-order valence-corrected chi connectivity index (χ0v) is 29.8. The molecule has 8 bridgehead atoms. The van der Waals surface area contributed by atoms with E-state index in [0.717, 1.165) is 38.1 Å².